The summed E-state index contributed by atoms with van der Waals surface area (Å²) in [5.41, 5.74) is 2.25. The van der Waals surface area contributed by atoms with E-state index >= 15 is 0 Å². The van der Waals surface area contributed by atoms with Crippen molar-refractivity contribution in [2.75, 3.05) is 0 Å². The molecule has 0 unspecified atom stereocenters. The lowest BCUT2D eigenvalue weighted by atomic mass is 10.1. The van der Waals surface area contributed by atoms with Crippen molar-refractivity contribution in [1.29, 1.82) is 0 Å². The molecule has 0 radical (unpaired) electrons. The summed E-state index contributed by atoms with van der Waals surface area (Å²) in [6.07, 6.45) is 6.85. The molecule has 0 atom stereocenters. The second-order valence-electron chi connectivity index (χ2n) is 6.86. The Labute approximate surface area is 148 Å². The fraction of sp³-hybridized carbons (Fsp3) is 0.450. The lowest BCUT2D eigenvalue weighted by molar-refractivity contribution is 0.0925. The van der Waals surface area contributed by atoms with Crippen LogP contribution in [0.5, 0.6) is 0 Å². The van der Waals surface area contributed by atoms with Crippen LogP contribution in [0.3, 0.4) is 0 Å². The maximum atomic E-state index is 12.5. The highest BCUT2D eigenvalue weighted by atomic mass is 16.2. The van der Waals surface area contributed by atoms with Gasteiger partial charge in [-0.25, -0.2) is 4.68 Å². The van der Waals surface area contributed by atoms with E-state index in [1.165, 1.54) is 35.2 Å². The van der Waals surface area contributed by atoms with E-state index in [-0.39, 0.29) is 17.5 Å². The van der Waals surface area contributed by atoms with Gasteiger partial charge in [0.05, 0.1) is 6.54 Å². The Morgan fingerprint density at radius 1 is 1.08 bits per heavy atom. The molecule has 132 valence electrons. The molecule has 1 aliphatic rings. The van der Waals surface area contributed by atoms with Crippen molar-refractivity contribution < 1.29 is 4.79 Å². The number of hydrogen-bond acceptors (Lipinski definition) is 3. The molecule has 1 N–H and O–H groups in total. The molecule has 0 bridgehead atoms. The van der Waals surface area contributed by atoms with Gasteiger partial charge in [-0.2, -0.15) is 5.10 Å². The molecule has 1 aromatic heterocycles. The smallest absolute Gasteiger partial charge is 0.271 e. The molecule has 1 saturated carbocycles. The molecule has 0 saturated heterocycles. The number of aromatic nitrogens is 2. The number of carbonyl (C=O) groups is 1. The summed E-state index contributed by atoms with van der Waals surface area (Å²) in [4.78, 5) is 24.6. The zero-order chi connectivity index (χ0) is 17.6. The fourth-order valence-electron chi connectivity index (χ4n) is 3.23. The number of benzene rings is 1. The highest BCUT2D eigenvalue weighted by Gasteiger charge is 2.17. The summed E-state index contributed by atoms with van der Waals surface area (Å²) in [5, 5.41) is 7.35. The fourth-order valence-corrected chi connectivity index (χ4v) is 3.23. The Kier molecular flexibility index (Phi) is 5.64. The highest BCUT2D eigenvalue weighted by molar-refractivity contribution is 5.92. The summed E-state index contributed by atoms with van der Waals surface area (Å²) in [7, 11) is 0. The first kappa shape index (κ1) is 17.4. The van der Waals surface area contributed by atoms with Gasteiger partial charge in [0.25, 0.3) is 11.5 Å². The number of hydrogen-bond donors (Lipinski definition) is 1. The molecule has 2 aromatic rings. The lowest BCUT2D eigenvalue weighted by Crippen LogP contribution is -2.36. The van der Waals surface area contributed by atoms with E-state index in [0.717, 1.165) is 31.2 Å². The van der Waals surface area contributed by atoms with Gasteiger partial charge >= 0.3 is 0 Å². The first-order valence-electron chi connectivity index (χ1n) is 9.06. The minimum Gasteiger partial charge on any atom is -0.348 e. The molecule has 1 amide bonds. The number of carbonyl (C=O) groups excluding carboxylic acids is 1. The molecular formula is C20H25N3O2. The zero-order valence-corrected chi connectivity index (χ0v) is 14.7. The predicted octanol–water partition coefficient (Wildman–Crippen LogP) is 3.05. The van der Waals surface area contributed by atoms with E-state index in [9.17, 15) is 9.59 Å². The quantitative estimate of drug-likeness (QED) is 0.871. The molecule has 0 aliphatic heterocycles. The van der Waals surface area contributed by atoms with Crippen LogP contribution in [-0.2, 0) is 6.54 Å². The van der Waals surface area contributed by atoms with Gasteiger partial charge in [-0.1, -0.05) is 55.5 Å². The number of nitrogens with one attached hydrogen (secondary N) is 1. The molecule has 3 rings (SSSR count). The summed E-state index contributed by atoms with van der Waals surface area (Å²) < 4.78 is 1.35. The third-order valence-electron chi connectivity index (χ3n) is 4.74. The van der Waals surface area contributed by atoms with Crippen LogP contribution in [-0.4, -0.2) is 21.7 Å². The Balaban J connectivity index is 1.72. The monoisotopic (exact) mass is 339 g/mol. The molecule has 1 fully saturated rings. The van der Waals surface area contributed by atoms with Crippen LogP contribution in [0, 0.1) is 6.92 Å². The van der Waals surface area contributed by atoms with E-state index in [0.29, 0.717) is 12.2 Å². The van der Waals surface area contributed by atoms with Gasteiger partial charge < -0.3 is 5.32 Å². The SMILES string of the molecule is Cc1ccc(Cn2nc(C(=O)NC3CCCCCC3)ccc2=O)cc1. The second-order valence-corrected chi connectivity index (χ2v) is 6.86. The molecule has 25 heavy (non-hydrogen) atoms. The maximum Gasteiger partial charge on any atom is 0.271 e. The van der Waals surface area contributed by atoms with Gasteiger partial charge in [-0.15, -0.1) is 0 Å². The maximum absolute atomic E-state index is 12.5. The van der Waals surface area contributed by atoms with Crippen LogP contribution in [0.15, 0.2) is 41.2 Å². The van der Waals surface area contributed by atoms with Gasteiger partial charge in [0.15, 0.2) is 0 Å². The van der Waals surface area contributed by atoms with Crippen molar-refractivity contribution in [1.82, 2.24) is 15.1 Å². The third kappa shape index (κ3) is 4.78. The van der Waals surface area contributed by atoms with Crippen LogP contribution in [0.2, 0.25) is 0 Å². The van der Waals surface area contributed by atoms with Crippen LogP contribution >= 0.6 is 0 Å². The minimum absolute atomic E-state index is 0.190. The predicted molar refractivity (Wildman–Crippen MR) is 97.7 cm³/mol. The molecule has 1 aromatic carbocycles. The Bertz CT molecular complexity index is 772. The highest BCUT2D eigenvalue weighted by Crippen LogP contribution is 2.17. The number of amides is 1. The number of nitrogens with zero attached hydrogens (tertiary/aromatic N) is 2. The average Bonchev–Trinajstić information content (AvgIpc) is 2.87. The van der Waals surface area contributed by atoms with Gasteiger partial charge in [0, 0.05) is 12.1 Å². The van der Waals surface area contributed by atoms with Crippen molar-refractivity contribution in [3.8, 4) is 0 Å². The summed E-state index contributed by atoms with van der Waals surface area (Å²) in [5.74, 6) is -0.190. The first-order chi connectivity index (χ1) is 12.1. The van der Waals surface area contributed by atoms with Crippen molar-refractivity contribution in [2.24, 2.45) is 0 Å². The molecule has 5 nitrogen and oxygen atoms in total. The zero-order valence-electron chi connectivity index (χ0n) is 14.7. The Morgan fingerprint density at radius 2 is 1.76 bits per heavy atom. The van der Waals surface area contributed by atoms with Gasteiger partial charge in [0.2, 0.25) is 0 Å². The summed E-state index contributed by atoms with van der Waals surface area (Å²) in [6, 6.07) is 11.1. The van der Waals surface area contributed by atoms with E-state index < -0.39 is 0 Å². The number of rotatable bonds is 4. The first-order valence-corrected chi connectivity index (χ1v) is 9.06. The van der Waals surface area contributed by atoms with Crippen molar-refractivity contribution in [2.45, 2.75) is 58.0 Å². The molecule has 1 aliphatic carbocycles. The average molecular weight is 339 g/mol. The molecular weight excluding hydrogens is 314 g/mol. The van der Waals surface area contributed by atoms with E-state index in [1.807, 2.05) is 31.2 Å². The van der Waals surface area contributed by atoms with Crippen molar-refractivity contribution in [3.05, 3.63) is 63.6 Å². The lowest BCUT2D eigenvalue weighted by Gasteiger charge is -2.16. The summed E-state index contributed by atoms with van der Waals surface area (Å²) in [6.45, 7) is 2.39. The van der Waals surface area contributed by atoms with Crippen molar-refractivity contribution >= 4 is 5.91 Å². The number of aryl methyl sites for hydroxylation is 1. The topological polar surface area (TPSA) is 64.0 Å². The van der Waals surface area contributed by atoms with Crippen molar-refractivity contribution in [3.63, 3.8) is 0 Å². The van der Waals surface area contributed by atoms with Crippen LogP contribution in [0.25, 0.3) is 0 Å². The van der Waals surface area contributed by atoms with E-state index in [4.69, 9.17) is 0 Å². The van der Waals surface area contributed by atoms with E-state index in [1.54, 1.807) is 0 Å². The molecule has 1 heterocycles. The molecule has 5 heteroatoms. The summed E-state index contributed by atoms with van der Waals surface area (Å²) >= 11 is 0. The normalized spacial score (nSPS) is 15.6. The Hall–Kier alpha value is -2.43. The van der Waals surface area contributed by atoms with Crippen LogP contribution < -0.4 is 10.9 Å². The van der Waals surface area contributed by atoms with Gasteiger partial charge in [-0.05, 0) is 31.4 Å². The minimum atomic E-state index is -0.202. The second kappa shape index (κ2) is 8.10. The van der Waals surface area contributed by atoms with Gasteiger partial charge in [0.1, 0.15) is 5.69 Å². The van der Waals surface area contributed by atoms with Crippen LogP contribution in [0.1, 0.15) is 60.1 Å². The Morgan fingerprint density at radius 3 is 2.44 bits per heavy atom. The van der Waals surface area contributed by atoms with Crippen LogP contribution in [0.4, 0.5) is 0 Å². The molecule has 0 spiro atoms. The van der Waals surface area contributed by atoms with E-state index in [2.05, 4.69) is 10.4 Å². The largest absolute Gasteiger partial charge is 0.348 e. The van der Waals surface area contributed by atoms with Gasteiger partial charge in [-0.3, -0.25) is 9.59 Å². The third-order valence-corrected chi connectivity index (χ3v) is 4.74. The standard InChI is InChI=1S/C20H25N3O2/c1-15-8-10-16(11-9-15)14-23-19(24)13-12-18(22-23)20(25)21-17-6-4-2-3-5-7-17/h8-13,17H,2-7,14H2,1H3,(H,21,25).